The lowest BCUT2D eigenvalue weighted by Gasteiger charge is -2.16. The van der Waals surface area contributed by atoms with Gasteiger partial charge in [0.1, 0.15) is 6.10 Å². The van der Waals surface area contributed by atoms with E-state index in [2.05, 4.69) is 0 Å². The predicted octanol–water partition coefficient (Wildman–Crippen LogP) is 3.59. The molecule has 0 spiro atoms. The Kier molecular flexibility index (Phi) is 6.43. The number of hydrogen-bond donors (Lipinski definition) is 3. The Labute approximate surface area is 180 Å². The minimum Gasteiger partial charge on any atom is -0.504 e. The van der Waals surface area contributed by atoms with E-state index in [1.165, 1.54) is 48.5 Å². The Morgan fingerprint density at radius 2 is 1.61 bits per heavy atom. The molecule has 7 nitrogen and oxygen atoms in total. The summed E-state index contributed by atoms with van der Waals surface area (Å²) in [5, 5.41) is 24.4. The van der Waals surface area contributed by atoms with Crippen LogP contribution in [0.5, 0.6) is 11.5 Å². The molecule has 1 atom stereocenters. The Balaban J connectivity index is 2.00. The summed E-state index contributed by atoms with van der Waals surface area (Å²) in [6.07, 6.45) is 0.944. The van der Waals surface area contributed by atoms with E-state index in [-0.39, 0.29) is 22.0 Å². The highest BCUT2D eigenvalue weighted by atomic mass is 32.2. The number of phenols is 2. The number of sulfonamides is 1. The first kappa shape index (κ1) is 22.1. The zero-order chi connectivity index (χ0) is 22.6. The van der Waals surface area contributed by atoms with Crippen molar-refractivity contribution in [2.45, 2.75) is 17.9 Å². The maximum Gasteiger partial charge on any atom is 0.339 e. The van der Waals surface area contributed by atoms with Crippen molar-refractivity contribution in [1.29, 1.82) is 0 Å². The average Bonchev–Trinajstić information content (AvgIpc) is 2.74. The quantitative estimate of drug-likeness (QED) is 0.233. The van der Waals surface area contributed by atoms with Crippen molar-refractivity contribution in [3.8, 4) is 11.5 Å². The molecule has 0 amide bonds. The zero-order valence-electron chi connectivity index (χ0n) is 16.6. The van der Waals surface area contributed by atoms with Crippen LogP contribution in [-0.4, -0.2) is 24.6 Å². The molecule has 3 aromatic carbocycles. The van der Waals surface area contributed by atoms with Crippen LogP contribution in [0.25, 0.3) is 11.6 Å². The van der Waals surface area contributed by atoms with Crippen LogP contribution in [0.15, 0.2) is 77.7 Å². The summed E-state index contributed by atoms with van der Waals surface area (Å²) < 4.78 is 28.7. The number of carbonyl (C=O) groups is 1. The maximum absolute atomic E-state index is 13.0. The van der Waals surface area contributed by atoms with Crippen LogP contribution in [-0.2, 0) is 19.6 Å². The Hall–Kier alpha value is -3.62. The van der Waals surface area contributed by atoms with Gasteiger partial charge in [-0.15, -0.1) is 0 Å². The van der Waals surface area contributed by atoms with Crippen molar-refractivity contribution in [3.63, 3.8) is 0 Å². The third kappa shape index (κ3) is 5.50. The van der Waals surface area contributed by atoms with Gasteiger partial charge in [0.05, 0.1) is 10.5 Å². The molecule has 0 aliphatic carbocycles. The smallest absolute Gasteiger partial charge is 0.339 e. The molecule has 8 heteroatoms. The zero-order valence-corrected chi connectivity index (χ0v) is 17.4. The first-order valence-electron chi connectivity index (χ1n) is 9.28. The number of ether oxygens (including phenoxy) is 1. The molecule has 0 fully saturated rings. The second-order valence-electron chi connectivity index (χ2n) is 6.83. The van der Waals surface area contributed by atoms with E-state index in [0.29, 0.717) is 11.1 Å². The van der Waals surface area contributed by atoms with Gasteiger partial charge in [0.15, 0.2) is 11.5 Å². The van der Waals surface area contributed by atoms with E-state index in [9.17, 15) is 23.4 Å². The third-order valence-corrected chi connectivity index (χ3v) is 5.51. The fraction of sp³-hybridized carbons (Fsp3) is 0.0870. The summed E-state index contributed by atoms with van der Waals surface area (Å²) >= 11 is 0. The van der Waals surface area contributed by atoms with E-state index < -0.39 is 22.1 Å². The van der Waals surface area contributed by atoms with Gasteiger partial charge >= 0.3 is 5.97 Å². The molecule has 0 aliphatic heterocycles. The number of aromatic hydroxyl groups is 2. The van der Waals surface area contributed by atoms with Crippen molar-refractivity contribution in [1.82, 2.24) is 0 Å². The molecule has 0 radical (unpaired) electrons. The molecule has 0 saturated carbocycles. The van der Waals surface area contributed by atoms with E-state index in [1.807, 2.05) is 30.3 Å². The first-order valence-corrected chi connectivity index (χ1v) is 10.8. The van der Waals surface area contributed by atoms with Gasteiger partial charge in [0, 0.05) is 0 Å². The van der Waals surface area contributed by atoms with Crippen molar-refractivity contribution < 1.29 is 28.2 Å². The lowest BCUT2D eigenvalue weighted by molar-refractivity contribution is -0.141. The molecule has 1 unspecified atom stereocenters. The molecule has 0 aliphatic rings. The van der Waals surface area contributed by atoms with Gasteiger partial charge in [-0.1, -0.05) is 48.5 Å². The fourth-order valence-corrected chi connectivity index (χ4v) is 3.41. The number of nitrogens with two attached hydrogens (primary N) is 1. The lowest BCUT2D eigenvalue weighted by Crippen LogP contribution is -2.13. The second kappa shape index (κ2) is 9.03. The van der Waals surface area contributed by atoms with Crippen molar-refractivity contribution in [2.24, 2.45) is 5.14 Å². The number of hydrogen-bond acceptors (Lipinski definition) is 6. The maximum atomic E-state index is 13.0. The average molecular weight is 439 g/mol. The number of benzene rings is 3. The second-order valence-corrected chi connectivity index (χ2v) is 8.40. The molecule has 0 saturated heterocycles. The molecule has 4 N–H and O–H groups in total. The summed E-state index contributed by atoms with van der Waals surface area (Å²) in [5.74, 6) is -1.28. The number of phenolic OH excluding ortho intramolecular Hbond substituents is 2. The third-order valence-electron chi connectivity index (χ3n) is 4.58. The minimum absolute atomic E-state index is 0.0936. The van der Waals surface area contributed by atoms with Crippen molar-refractivity contribution in [3.05, 3.63) is 89.5 Å². The van der Waals surface area contributed by atoms with Crippen LogP contribution in [0.4, 0.5) is 0 Å². The van der Waals surface area contributed by atoms with Crippen molar-refractivity contribution in [2.75, 3.05) is 0 Å². The number of primary sulfonamides is 1. The number of rotatable bonds is 6. The SMILES string of the molecule is CC(OC(=O)/C(=C/c1ccc(O)c(O)c1)c1ccc(S(N)(=O)=O)cc1)c1ccccc1. The van der Waals surface area contributed by atoms with Gasteiger partial charge in [-0.05, 0) is 54.0 Å². The highest BCUT2D eigenvalue weighted by Gasteiger charge is 2.19. The van der Waals surface area contributed by atoms with Crippen LogP contribution < -0.4 is 5.14 Å². The monoisotopic (exact) mass is 439 g/mol. The molecule has 0 bridgehead atoms. The number of carbonyl (C=O) groups excluding carboxylic acids is 1. The molecule has 3 aromatic rings. The Morgan fingerprint density at radius 3 is 2.19 bits per heavy atom. The largest absolute Gasteiger partial charge is 0.504 e. The molecular formula is C23H21NO6S. The van der Waals surface area contributed by atoms with Crippen LogP contribution in [0.1, 0.15) is 29.7 Å². The van der Waals surface area contributed by atoms with Gasteiger partial charge in [-0.2, -0.15) is 0 Å². The summed E-state index contributed by atoms with van der Waals surface area (Å²) in [6, 6.07) is 18.8. The summed E-state index contributed by atoms with van der Waals surface area (Å²) in [6.45, 7) is 1.74. The molecular weight excluding hydrogens is 418 g/mol. The van der Waals surface area contributed by atoms with E-state index in [1.54, 1.807) is 6.92 Å². The summed E-state index contributed by atoms with van der Waals surface area (Å²) in [7, 11) is -3.89. The highest BCUT2D eigenvalue weighted by Crippen LogP contribution is 2.29. The molecule has 3 rings (SSSR count). The van der Waals surface area contributed by atoms with Crippen LogP contribution in [0.3, 0.4) is 0 Å². The normalized spacial score (nSPS) is 12.9. The topological polar surface area (TPSA) is 127 Å². The van der Waals surface area contributed by atoms with Gasteiger partial charge in [-0.25, -0.2) is 18.4 Å². The Morgan fingerprint density at radius 1 is 0.968 bits per heavy atom. The first-order chi connectivity index (χ1) is 14.6. The van der Waals surface area contributed by atoms with Gasteiger partial charge in [0.2, 0.25) is 10.0 Å². The lowest BCUT2D eigenvalue weighted by atomic mass is 10.0. The van der Waals surface area contributed by atoms with Crippen LogP contribution in [0, 0.1) is 0 Å². The fourth-order valence-electron chi connectivity index (χ4n) is 2.90. The Bertz CT molecular complexity index is 1220. The van der Waals surface area contributed by atoms with Gasteiger partial charge in [-0.3, -0.25) is 0 Å². The van der Waals surface area contributed by atoms with Crippen LogP contribution >= 0.6 is 0 Å². The predicted molar refractivity (Wildman–Crippen MR) is 116 cm³/mol. The highest BCUT2D eigenvalue weighted by molar-refractivity contribution is 7.89. The number of esters is 1. The minimum atomic E-state index is -3.89. The van der Waals surface area contributed by atoms with Crippen LogP contribution in [0.2, 0.25) is 0 Å². The van der Waals surface area contributed by atoms with E-state index in [0.717, 1.165) is 5.56 Å². The van der Waals surface area contributed by atoms with Crippen molar-refractivity contribution >= 4 is 27.6 Å². The summed E-state index contributed by atoms with van der Waals surface area (Å²) in [4.78, 5) is 12.9. The van der Waals surface area contributed by atoms with E-state index in [4.69, 9.17) is 9.88 Å². The summed E-state index contributed by atoms with van der Waals surface area (Å²) in [5.41, 5.74) is 1.77. The van der Waals surface area contributed by atoms with Gasteiger partial charge in [0.25, 0.3) is 0 Å². The van der Waals surface area contributed by atoms with E-state index >= 15 is 0 Å². The van der Waals surface area contributed by atoms with Gasteiger partial charge < -0.3 is 14.9 Å². The molecule has 0 heterocycles. The molecule has 31 heavy (non-hydrogen) atoms. The molecule has 0 aromatic heterocycles. The molecule has 160 valence electrons. The standard InChI is InChI=1S/C23H21NO6S/c1-15(17-5-3-2-4-6-17)30-23(27)20(13-16-7-12-21(25)22(26)14-16)18-8-10-19(11-9-18)31(24,28)29/h2-15,25-26H,1H3,(H2,24,28,29)/b20-13+.